The number of anilines is 1. The van der Waals surface area contributed by atoms with E-state index < -0.39 is 0 Å². The smallest absolute Gasteiger partial charge is 0.237 e. The van der Waals surface area contributed by atoms with Gasteiger partial charge in [-0.3, -0.25) is 9.36 Å². The Morgan fingerprint density at radius 1 is 1.29 bits per heavy atom. The molecule has 142 valence electrons. The maximum Gasteiger partial charge on any atom is 0.237 e. The third-order valence-corrected chi connectivity index (χ3v) is 5.54. The number of carbonyl (C=O) groups is 1. The van der Waals surface area contributed by atoms with E-state index in [9.17, 15) is 4.79 Å². The summed E-state index contributed by atoms with van der Waals surface area (Å²) in [6.07, 6.45) is 3.85. The Hall–Kier alpha value is -2.75. The number of para-hydroxylation sites is 1. The predicted molar refractivity (Wildman–Crippen MR) is 113 cm³/mol. The van der Waals surface area contributed by atoms with Crippen molar-refractivity contribution >= 4 is 35.0 Å². The molecule has 2 aromatic carbocycles. The van der Waals surface area contributed by atoms with Crippen molar-refractivity contribution in [2.45, 2.75) is 18.5 Å². The first-order valence-electron chi connectivity index (χ1n) is 8.75. The largest absolute Gasteiger partial charge is 0.311 e. The summed E-state index contributed by atoms with van der Waals surface area (Å²) in [4.78, 5) is 18.9. The maximum atomic E-state index is 12.9. The summed E-state index contributed by atoms with van der Waals surface area (Å²) >= 11 is 7.47. The molecule has 0 fully saturated rings. The van der Waals surface area contributed by atoms with Gasteiger partial charge >= 0.3 is 0 Å². The Morgan fingerprint density at radius 2 is 2.07 bits per heavy atom. The zero-order valence-corrected chi connectivity index (χ0v) is 17.0. The van der Waals surface area contributed by atoms with Gasteiger partial charge in [0.2, 0.25) is 5.91 Å². The van der Waals surface area contributed by atoms with E-state index in [-0.39, 0.29) is 18.1 Å². The lowest BCUT2D eigenvalue weighted by atomic mass is 10.2. The highest BCUT2D eigenvalue weighted by atomic mass is 35.5. The minimum atomic E-state index is -0.0791. The van der Waals surface area contributed by atoms with Gasteiger partial charge in [-0.1, -0.05) is 41.6 Å². The number of aromatic nitrogens is 2. The van der Waals surface area contributed by atoms with Crippen molar-refractivity contribution < 1.29 is 4.79 Å². The molecule has 1 aromatic heterocycles. The molecule has 3 rings (SSSR count). The van der Waals surface area contributed by atoms with Crippen LogP contribution in [0.25, 0.3) is 5.69 Å². The number of nitriles is 1. The van der Waals surface area contributed by atoms with Crippen LogP contribution in [-0.4, -0.2) is 27.8 Å². The second-order valence-electron chi connectivity index (χ2n) is 6.09. The van der Waals surface area contributed by atoms with E-state index in [0.717, 1.165) is 22.1 Å². The number of nitrogens with zero attached hydrogens (tertiary/aromatic N) is 4. The van der Waals surface area contributed by atoms with E-state index in [1.807, 2.05) is 54.1 Å². The number of aryl methyl sites for hydroxylation is 1. The lowest BCUT2D eigenvalue weighted by Crippen LogP contribution is -2.33. The van der Waals surface area contributed by atoms with Crippen molar-refractivity contribution in [1.82, 2.24) is 9.55 Å². The van der Waals surface area contributed by atoms with Gasteiger partial charge in [-0.2, -0.15) is 5.26 Å². The molecule has 5 nitrogen and oxygen atoms in total. The lowest BCUT2D eigenvalue weighted by molar-refractivity contribution is -0.116. The minimum Gasteiger partial charge on any atom is -0.311 e. The Labute approximate surface area is 173 Å². The highest BCUT2D eigenvalue weighted by molar-refractivity contribution is 7.99. The Balaban J connectivity index is 1.75. The fraction of sp³-hybridized carbons (Fsp3) is 0.190. The van der Waals surface area contributed by atoms with Crippen molar-refractivity contribution in [3.63, 3.8) is 0 Å². The summed E-state index contributed by atoms with van der Waals surface area (Å²) in [5.74, 6) is 0.140. The number of benzene rings is 2. The van der Waals surface area contributed by atoms with E-state index in [2.05, 4.69) is 11.1 Å². The number of carbonyl (C=O) groups excluding carboxylic acids is 1. The van der Waals surface area contributed by atoms with Gasteiger partial charge in [-0.25, -0.2) is 4.98 Å². The van der Waals surface area contributed by atoms with Gasteiger partial charge in [-0.05, 0) is 42.8 Å². The molecule has 0 bridgehead atoms. The standard InChI is InChI=1S/C21H19ClN4OS/c1-16-14-18(8-9-19(16)22)25(12-5-10-23)20(27)15-28-21-24-11-13-26(21)17-6-3-2-4-7-17/h2-4,6-9,11,13-14H,5,12,15H2,1H3. The van der Waals surface area contributed by atoms with Crippen LogP contribution >= 0.6 is 23.4 Å². The molecule has 0 aliphatic carbocycles. The number of halogens is 1. The zero-order valence-electron chi connectivity index (χ0n) is 15.4. The molecule has 0 radical (unpaired) electrons. The SMILES string of the molecule is Cc1cc(N(CCC#N)C(=O)CSc2nccn2-c2ccccc2)ccc1Cl. The summed E-state index contributed by atoms with van der Waals surface area (Å²) in [7, 11) is 0. The van der Waals surface area contributed by atoms with Crippen LogP contribution in [-0.2, 0) is 4.79 Å². The summed E-state index contributed by atoms with van der Waals surface area (Å²) in [5.41, 5.74) is 2.62. The van der Waals surface area contributed by atoms with Crippen LogP contribution in [0.15, 0.2) is 66.1 Å². The van der Waals surface area contributed by atoms with Crippen LogP contribution in [0, 0.1) is 18.3 Å². The predicted octanol–water partition coefficient (Wildman–Crippen LogP) is 4.87. The van der Waals surface area contributed by atoms with Gasteiger partial charge in [0.05, 0.1) is 18.2 Å². The number of thioether (sulfide) groups is 1. The summed E-state index contributed by atoms with van der Waals surface area (Å²) in [6.45, 7) is 2.23. The minimum absolute atomic E-state index is 0.0791. The monoisotopic (exact) mass is 410 g/mol. The molecule has 0 saturated carbocycles. The maximum absolute atomic E-state index is 12.9. The molecular weight excluding hydrogens is 392 g/mol. The van der Waals surface area contributed by atoms with Crippen LogP contribution in [0.2, 0.25) is 5.02 Å². The third kappa shape index (κ3) is 4.75. The van der Waals surface area contributed by atoms with Gasteiger partial charge in [0.1, 0.15) is 0 Å². The Morgan fingerprint density at radius 3 is 2.79 bits per heavy atom. The average molecular weight is 411 g/mol. The summed E-state index contributed by atoms with van der Waals surface area (Å²) in [5, 5.41) is 10.3. The first-order chi connectivity index (χ1) is 13.6. The van der Waals surface area contributed by atoms with Gasteiger partial charge in [0.25, 0.3) is 0 Å². The van der Waals surface area contributed by atoms with E-state index in [1.54, 1.807) is 23.2 Å². The van der Waals surface area contributed by atoms with Crippen molar-refractivity contribution in [3.8, 4) is 11.8 Å². The van der Waals surface area contributed by atoms with E-state index in [0.29, 0.717) is 11.6 Å². The summed E-state index contributed by atoms with van der Waals surface area (Å²) in [6, 6.07) is 17.4. The number of hydrogen-bond acceptors (Lipinski definition) is 4. The van der Waals surface area contributed by atoms with Crippen LogP contribution in [0.4, 0.5) is 5.69 Å². The van der Waals surface area contributed by atoms with Crippen LogP contribution < -0.4 is 4.90 Å². The summed E-state index contributed by atoms with van der Waals surface area (Å²) < 4.78 is 1.95. The normalized spacial score (nSPS) is 10.5. The van der Waals surface area contributed by atoms with Gasteiger partial charge < -0.3 is 4.90 Å². The molecular formula is C21H19ClN4OS. The molecule has 0 spiro atoms. The van der Waals surface area contributed by atoms with Crippen LogP contribution in [0.1, 0.15) is 12.0 Å². The quantitative estimate of drug-likeness (QED) is 0.521. The van der Waals surface area contributed by atoms with E-state index in [4.69, 9.17) is 16.9 Å². The average Bonchev–Trinajstić information content (AvgIpc) is 3.18. The van der Waals surface area contributed by atoms with Gasteiger partial charge in [-0.15, -0.1) is 0 Å². The fourth-order valence-electron chi connectivity index (χ4n) is 2.74. The first-order valence-corrected chi connectivity index (χ1v) is 10.1. The Bertz CT molecular complexity index is 997. The third-order valence-electron chi connectivity index (χ3n) is 4.17. The highest BCUT2D eigenvalue weighted by Crippen LogP contribution is 2.25. The van der Waals surface area contributed by atoms with Gasteiger partial charge in [0, 0.05) is 35.3 Å². The lowest BCUT2D eigenvalue weighted by Gasteiger charge is -2.22. The number of hydrogen-bond donors (Lipinski definition) is 0. The topological polar surface area (TPSA) is 61.9 Å². The molecule has 0 unspecified atom stereocenters. The van der Waals surface area contributed by atoms with E-state index in [1.165, 1.54) is 11.8 Å². The Kier molecular flexibility index (Phi) is 6.75. The van der Waals surface area contributed by atoms with Crippen molar-refractivity contribution in [2.24, 2.45) is 0 Å². The molecule has 1 amide bonds. The fourth-order valence-corrected chi connectivity index (χ4v) is 3.71. The molecule has 0 aliphatic rings. The number of imidazole rings is 1. The second kappa shape index (κ2) is 9.45. The molecule has 7 heteroatoms. The van der Waals surface area contributed by atoms with Crippen LogP contribution in [0.3, 0.4) is 0 Å². The molecule has 1 heterocycles. The number of rotatable bonds is 7. The molecule has 0 saturated heterocycles. The van der Waals surface area contributed by atoms with Crippen molar-refractivity contribution in [2.75, 3.05) is 17.2 Å². The first kappa shape index (κ1) is 20.0. The van der Waals surface area contributed by atoms with Crippen molar-refractivity contribution in [1.29, 1.82) is 5.26 Å². The molecule has 0 aliphatic heterocycles. The molecule has 28 heavy (non-hydrogen) atoms. The number of amides is 1. The van der Waals surface area contributed by atoms with Crippen molar-refractivity contribution in [3.05, 3.63) is 71.5 Å². The molecule has 0 atom stereocenters. The van der Waals surface area contributed by atoms with Crippen LogP contribution in [0.5, 0.6) is 0 Å². The molecule has 3 aromatic rings. The molecule has 0 N–H and O–H groups in total. The van der Waals surface area contributed by atoms with E-state index >= 15 is 0 Å². The highest BCUT2D eigenvalue weighted by Gasteiger charge is 2.18. The second-order valence-corrected chi connectivity index (χ2v) is 7.44. The zero-order chi connectivity index (χ0) is 19.9. The van der Waals surface area contributed by atoms with Gasteiger partial charge in [0.15, 0.2) is 5.16 Å².